The highest BCUT2D eigenvalue weighted by molar-refractivity contribution is 5.86. The number of carbonyl (C=O) groups excluding carboxylic acids is 1. The summed E-state index contributed by atoms with van der Waals surface area (Å²) in [6.45, 7) is -0.454. The normalized spacial score (nSPS) is 11.0. The zero-order valence-electron chi connectivity index (χ0n) is 14.6. The molecule has 3 aromatic rings. The van der Waals surface area contributed by atoms with Crippen molar-refractivity contribution in [3.8, 4) is 5.75 Å². The first-order valence-corrected chi connectivity index (χ1v) is 8.20. The highest BCUT2D eigenvalue weighted by Crippen LogP contribution is 2.16. The molecule has 1 aromatic heterocycles. The lowest BCUT2D eigenvalue weighted by molar-refractivity contribution is -0.139. The fourth-order valence-electron chi connectivity index (χ4n) is 2.57. The van der Waals surface area contributed by atoms with Crippen molar-refractivity contribution in [1.82, 2.24) is 15.0 Å². The molecule has 0 bridgehead atoms. The minimum absolute atomic E-state index is 0.0830. The van der Waals surface area contributed by atoms with Gasteiger partial charge in [-0.1, -0.05) is 24.3 Å². The van der Waals surface area contributed by atoms with Crippen LogP contribution in [0.2, 0.25) is 0 Å². The number of rotatable bonds is 7. The molecule has 0 radical (unpaired) electrons. The molecule has 0 saturated heterocycles. The number of amides is 1. The fraction of sp³-hybridized carbons (Fsp3) is 0.158. The van der Waals surface area contributed by atoms with Gasteiger partial charge in [-0.25, -0.2) is 15.2 Å². The highest BCUT2D eigenvalue weighted by atomic mass is 16.5. The molecule has 0 aliphatic carbocycles. The molecule has 2 aromatic carbocycles. The third-order valence-electron chi connectivity index (χ3n) is 3.86. The molecule has 138 valence electrons. The third-order valence-corrected chi connectivity index (χ3v) is 3.86. The summed E-state index contributed by atoms with van der Waals surface area (Å²) in [6, 6.07) is 14.5. The first-order chi connectivity index (χ1) is 13.0. The second kappa shape index (κ2) is 8.13. The molecular weight excluding hydrogens is 348 g/mol. The lowest BCUT2D eigenvalue weighted by Gasteiger charge is -2.06. The summed E-state index contributed by atoms with van der Waals surface area (Å²) in [4.78, 5) is 27.2. The number of nitrogens with one attached hydrogen (secondary N) is 1. The van der Waals surface area contributed by atoms with Gasteiger partial charge in [-0.15, -0.1) is 0 Å². The van der Waals surface area contributed by atoms with Crippen molar-refractivity contribution in [2.75, 3.05) is 6.61 Å². The fourth-order valence-corrected chi connectivity index (χ4v) is 2.57. The van der Waals surface area contributed by atoms with Crippen molar-refractivity contribution in [2.24, 2.45) is 12.1 Å². The predicted molar refractivity (Wildman–Crippen MR) is 99.7 cm³/mol. The van der Waals surface area contributed by atoms with Gasteiger partial charge in [0.15, 0.2) is 6.61 Å². The van der Waals surface area contributed by atoms with Crippen molar-refractivity contribution in [1.29, 1.82) is 0 Å². The molecule has 0 unspecified atom stereocenters. The van der Waals surface area contributed by atoms with Crippen LogP contribution in [0.25, 0.3) is 11.0 Å². The quantitative estimate of drug-likeness (QED) is 0.489. The van der Waals surface area contributed by atoms with Gasteiger partial charge in [0.1, 0.15) is 11.6 Å². The lowest BCUT2D eigenvalue weighted by Crippen LogP contribution is -2.21. The molecule has 0 atom stereocenters. The van der Waals surface area contributed by atoms with Gasteiger partial charge in [0.2, 0.25) is 5.91 Å². The first-order valence-electron chi connectivity index (χ1n) is 8.20. The number of nitrogens with zero attached hydrogens (tertiary/aromatic N) is 3. The van der Waals surface area contributed by atoms with E-state index in [1.807, 2.05) is 35.9 Å². The summed E-state index contributed by atoms with van der Waals surface area (Å²) >= 11 is 0. The van der Waals surface area contributed by atoms with Crippen LogP contribution in [0.5, 0.6) is 5.75 Å². The Balaban J connectivity index is 1.63. The molecule has 27 heavy (non-hydrogen) atoms. The van der Waals surface area contributed by atoms with Gasteiger partial charge < -0.3 is 14.4 Å². The number of hydrogen-bond acceptors (Lipinski definition) is 5. The van der Waals surface area contributed by atoms with E-state index in [0.717, 1.165) is 11.0 Å². The van der Waals surface area contributed by atoms with Gasteiger partial charge in [-0.05, 0) is 24.3 Å². The second-order valence-electron chi connectivity index (χ2n) is 5.77. The Bertz CT molecular complexity index is 1010. The number of hydrogen-bond donors (Lipinski definition) is 2. The SMILES string of the molecule is Cn1c(CC(=O)N/N=C/c2ccccc2OCC(=O)O)nc2ccccc21. The topological polar surface area (TPSA) is 106 Å². The molecular formula is C19H18N4O4. The van der Waals surface area contributed by atoms with Crippen molar-refractivity contribution in [3.05, 3.63) is 59.9 Å². The van der Waals surface area contributed by atoms with Crippen molar-refractivity contribution < 1.29 is 19.4 Å². The van der Waals surface area contributed by atoms with E-state index in [1.165, 1.54) is 6.21 Å². The Morgan fingerprint density at radius 3 is 2.74 bits per heavy atom. The van der Waals surface area contributed by atoms with Crippen molar-refractivity contribution in [2.45, 2.75) is 6.42 Å². The third kappa shape index (κ3) is 4.49. The van der Waals surface area contributed by atoms with Crippen LogP contribution in [0.15, 0.2) is 53.6 Å². The molecule has 1 amide bonds. The van der Waals surface area contributed by atoms with E-state index in [0.29, 0.717) is 17.1 Å². The molecule has 0 spiro atoms. The Morgan fingerprint density at radius 1 is 1.22 bits per heavy atom. The summed E-state index contributed by atoms with van der Waals surface area (Å²) in [6.07, 6.45) is 1.49. The van der Waals surface area contributed by atoms with Crippen LogP contribution in [-0.4, -0.2) is 39.4 Å². The largest absolute Gasteiger partial charge is 0.481 e. The average molecular weight is 366 g/mol. The van der Waals surface area contributed by atoms with Gasteiger partial charge in [-0.3, -0.25) is 4.79 Å². The molecule has 0 aliphatic rings. The van der Waals surface area contributed by atoms with Gasteiger partial charge >= 0.3 is 5.97 Å². The van der Waals surface area contributed by atoms with E-state index in [1.54, 1.807) is 24.3 Å². The first kappa shape index (κ1) is 18.1. The van der Waals surface area contributed by atoms with Crippen LogP contribution >= 0.6 is 0 Å². The van der Waals surface area contributed by atoms with E-state index in [9.17, 15) is 9.59 Å². The monoisotopic (exact) mass is 366 g/mol. The summed E-state index contributed by atoms with van der Waals surface area (Å²) in [5, 5.41) is 12.6. The van der Waals surface area contributed by atoms with E-state index < -0.39 is 12.6 Å². The molecule has 3 rings (SSSR count). The van der Waals surface area contributed by atoms with Gasteiger partial charge in [-0.2, -0.15) is 5.10 Å². The summed E-state index contributed by atoms with van der Waals surface area (Å²) < 4.78 is 7.05. The number of ether oxygens (including phenoxy) is 1. The Labute approximate surface area is 155 Å². The number of carboxylic acid groups (broad SMARTS) is 1. The van der Waals surface area contributed by atoms with E-state index in [-0.39, 0.29) is 12.3 Å². The highest BCUT2D eigenvalue weighted by Gasteiger charge is 2.11. The van der Waals surface area contributed by atoms with Crippen molar-refractivity contribution in [3.63, 3.8) is 0 Å². The summed E-state index contributed by atoms with van der Waals surface area (Å²) in [7, 11) is 1.86. The standard InChI is InChI=1S/C19H18N4O4/c1-23-15-8-4-3-7-14(15)21-17(23)10-18(24)22-20-11-13-6-2-5-9-16(13)27-12-19(25)26/h2-9,11H,10,12H2,1H3,(H,22,24)(H,25,26)/b20-11+. The van der Waals surface area contributed by atoms with Gasteiger partial charge in [0, 0.05) is 12.6 Å². The number of imidazole rings is 1. The minimum atomic E-state index is -1.07. The number of carboxylic acids is 1. The smallest absolute Gasteiger partial charge is 0.341 e. The van der Waals surface area contributed by atoms with Crippen LogP contribution in [0.1, 0.15) is 11.4 Å². The molecule has 0 fully saturated rings. The maximum absolute atomic E-state index is 12.1. The molecule has 2 N–H and O–H groups in total. The zero-order valence-corrected chi connectivity index (χ0v) is 14.6. The maximum Gasteiger partial charge on any atom is 0.341 e. The number of aryl methyl sites for hydroxylation is 1. The van der Waals surface area contributed by atoms with E-state index >= 15 is 0 Å². The lowest BCUT2D eigenvalue weighted by atomic mass is 10.2. The maximum atomic E-state index is 12.1. The van der Waals surface area contributed by atoms with Gasteiger partial charge in [0.25, 0.3) is 0 Å². The van der Waals surface area contributed by atoms with Crippen LogP contribution in [0.4, 0.5) is 0 Å². The number of carbonyl (C=O) groups is 2. The Morgan fingerprint density at radius 2 is 1.96 bits per heavy atom. The van der Waals surface area contributed by atoms with Crippen LogP contribution < -0.4 is 10.2 Å². The molecule has 8 heteroatoms. The zero-order chi connectivity index (χ0) is 19.2. The number of aliphatic carboxylic acids is 1. The second-order valence-corrected chi connectivity index (χ2v) is 5.77. The van der Waals surface area contributed by atoms with Gasteiger partial charge in [0.05, 0.1) is 23.7 Å². The van der Waals surface area contributed by atoms with Crippen molar-refractivity contribution >= 4 is 29.1 Å². The summed E-state index contributed by atoms with van der Waals surface area (Å²) in [5.74, 6) is -0.381. The molecule has 0 aliphatic heterocycles. The number of para-hydroxylation sites is 3. The minimum Gasteiger partial charge on any atom is -0.481 e. The van der Waals surface area contributed by atoms with Crippen LogP contribution in [-0.2, 0) is 23.1 Å². The Kier molecular flexibility index (Phi) is 5.46. The molecule has 8 nitrogen and oxygen atoms in total. The predicted octanol–water partition coefficient (Wildman–Crippen LogP) is 1.73. The van der Waals surface area contributed by atoms with Crippen LogP contribution in [0, 0.1) is 0 Å². The number of aromatic nitrogens is 2. The van der Waals surface area contributed by atoms with E-state index in [2.05, 4.69) is 15.5 Å². The number of fused-ring (bicyclic) bond motifs is 1. The number of benzene rings is 2. The summed E-state index contributed by atoms with van der Waals surface area (Å²) in [5.41, 5.74) is 4.79. The number of hydrazone groups is 1. The van der Waals surface area contributed by atoms with Crippen LogP contribution in [0.3, 0.4) is 0 Å². The average Bonchev–Trinajstić information content (AvgIpc) is 2.97. The van der Waals surface area contributed by atoms with E-state index in [4.69, 9.17) is 9.84 Å². The molecule has 1 heterocycles. The molecule has 0 saturated carbocycles. The Hall–Kier alpha value is -3.68.